The van der Waals surface area contributed by atoms with Crippen molar-refractivity contribution in [2.45, 2.75) is 19.8 Å². The number of anilines is 2. The van der Waals surface area contributed by atoms with E-state index in [4.69, 9.17) is 0 Å². The van der Waals surface area contributed by atoms with Gasteiger partial charge in [0, 0.05) is 30.0 Å². The second-order valence-corrected chi connectivity index (χ2v) is 7.70. The lowest BCUT2D eigenvalue weighted by Crippen LogP contribution is -2.38. The number of amides is 4. The Hall–Kier alpha value is -3.68. The molecule has 2 aliphatic heterocycles. The minimum absolute atomic E-state index is 0.0684. The molecule has 2 N–H and O–H groups in total. The highest BCUT2D eigenvalue weighted by molar-refractivity contribution is 6.16. The molecule has 0 aromatic heterocycles. The molecular weight excluding hydrogens is 399 g/mol. The molecule has 2 saturated heterocycles. The van der Waals surface area contributed by atoms with Crippen molar-refractivity contribution in [1.29, 1.82) is 0 Å². The maximum absolute atomic E-state index is 14.6. The van der Waals surface area contributed by atoms with E-state index in [0.717, 1.165) is 42.1 Å². The number of urea groups is 1. The van der Waals surface area contributed by atoms with Crippen molar-refractivity contribution in [3.05, 3.63) is 65.1 Å². The number of hydrogen-bond acceptors (Lipinski definition) is 4. The Kier molecular flexibility index (Phi) is 5.70. The van der Waals surface area contributed by atoms with Crippen molar-refractivity contribution < 1.29 is 18.8 Å². The Morgan fingerprint density at radius 2 is 1.94 bits per heavy atom. The first-order valence-corrected chi connectivity index (χ1v) is 10.2. The summed E-state index contributed by atoms with van der Waals surface area (Å²) < 4.78 is 14.6. The van der Waals surface area contributed by atoms with E-state index in [2.05, 4.69) is 15.5 Å². The zero-order chi connectivity index (χ0) is 22.0. The molecule has 0 aliphatic carbocycles. The van der Waals surface area contributed by atoms with Gasteiger partial charge in [-0.1, -0.05) is 12.1 Å². The standard InChI is InChI=1S/C23H23FN4O3/c1-15-5-4-6-17(11-15)25-21(29)14-28-22(30)20(26-23(28)31)12-16-7-8-18(13-19(16)24)27-9-2-3-10-27/h4-8,11-13H,2-3,9-10,14H2,1H3,(H,25,29)(H,26,31)/b20-12+. The van der Waals surface area contributed by atoms with Gasteiger partial charge >= 0.3 is 6.03 Å². The minimum atomic E-state index is -0.718. The molecule has 0 spiro atoms. The molecule has 4 amide bonds. The van der Waals surface area contributed by atoms with E-state index in [1.807, 2.05) is 13.0 Å². The Morgan fingerprint density at radius 1 is 1.16 bits per heavy atom. The van der Waals surface area contributed by atoms with Crippen LogP contribution in [0.1, 0.15) is 24.0 Å². The predicted molar refractivity (Wildman–Crippen MR) is 116 cm³/mol. The van der Waals surface area contributed by atoms with Crippen LogP contribution in [-0.2, 0) is 9.59 Å². The van der Waals surface area contributed by atoms with E-state index in [-0.39, 0.29) is 11.3 Å². The summed E-state index contributed by atoms with van der Waals surface area (Å²) in [6.45, 7) is 3.25. The largest absolute Gasteiger partial charge is 0.371 e. The van der Waals surface area contributed by atoms with Crippen molar-refractivity contribution in [1.82, 2.24) is 10.2 Å². The van der Waals surface area contributed by atoms with Gasteiger partial charge in [0.25, 0.3) is 5.91 Å². The highest BCUT2D eigenvalue weighted by atomic mass is 19.1. The van der Waals surface area contributed by atoms with Crippen molar-refractivity contribution in [2.24, 2.45) is 0 Å². The normalized spacial score (nSPS) is 17.4. The first-order valence-electron chi connectivity index (χ1n) is 10.2. The molecule has 0 unspecified atom stereocenters. The number of aryl methyl sites for hydroxylation is 1. The summed E-state index contributed by atoms with van der Waals surface area (Å²) in [6, 6.07) is 11.3. The topological polar surface area (TPSA) is 81.8 Å². The van der Waals surface area contributed by atoms with Crippen LogP contribution in [-0.4, -0.2) is 42.4 Å². The monoisotopic (exact) mass is 422 g/mol. The van der Waals surface area contributed by atoms with Gasteiger partial charge in [-0.05, 0) is 61.7 Å². The number of halogens is 1. The molecule has 4 rings (SSSR count). The highest BCUT2D eigenvalue weighted by Crippen LogP contribution is 2.24. The molecule has 0 bridgehead atoms. The third-order valence-electron chi connectivity index (χ3n) is 5.32. The number of carbonyl (C=O) groups is 3. The average molecular weight is 422 g/mol. The molecule has 31 heavy (non-hydrogen) atoms. The van der Waals surface area contributed by atoms with E-state index < -0.39 is 30.2 Å². The molecule has 2 heterocycles. The summed E-state index contributed by atoms with van der Waals surface area (Å²) in [5.74, 6) is -1.65. The third-order valence-corrected chi connectivity index (χ3v) is 5.32. The smallest absolute Gasteiger partial charge is 0.329 e. The van der Waals surface area contributed by atoms with Crippen LogP contribution in [0.4, 0.5) is 20.6 Å². The molecule has 0 atom stereocenters. The van der Waals surface area contributed by atoms with E-state index >= 15 is 0 Å². The number of carbonyl (C=O) groups excluding carboxylic acids is 3. The van der Waals surface area contributed by atoms with Crippen molar-refractivity contribution in [3.63, 3.8) is 0 Å². The second-order valence-electron chi connectivity index (χ2n) is 7.70. The molecule has 8 heteroatoms. The van der Waals surface area contributed by atoms with Gasteiger partial charge in [-0.25, -0.2) is 14.1 Å². The first-order chi connectivity index (χ1) is 14.9. The number of nitrogens with zero attached hydrogens (tertiary/aromatic N) is 2. The second kappa shape index (κ2) is 8.59. The first kappa shape index (κ1) is 20.6. The Bertz CT molecular complexity index is 1080. The molecule has 2 aliphatic rings. The van der Waals surface area contributed by atoms with Gasteiger partial charge in [0.1, 0.15) is 18.1 Å². The fourth-order valence-corrected chi connectivity index (χ4v) is 3.74. The van der Waals surface area contributed by atoms with Crippen LogP contribution < -0.4 is 15.5 Å². The van der Waals surface area contributed by atoms with Gasteiger partial charge in [0.2, 0.25) is 5.91 Å². The van der Waals surface area contributed by atoms with Gasteiger partial charge in [0.15, 0.2) is 0 Å². The maximum Gasteiger partial charge on any atom is 0.329 e. The lowest BCUT2D eigenvalue weighted by molar-refractivity contribution is -0.127. The van der Waals surface area contributed by atoms with Crippen molar-refractivity contribution >= 4 is 35.3 Å². The van der Waals surface area contributed by atoms with E-state index in [0.29, 0.717) is 5.69 Å². The summed E-state index contributed by atoms with van der Waals surface area (Å²) in [5.41, 5.74) is 2.47. The fraction of sp³-hybridized carbons (Fsp3) is 0.261. The summed E-state index contributed by atoms with van der Waals surface area (Å²) in [5, 5.41) is 5.08. The van der Waals surface area contributed by atoms with Crippen LogP contribution in [0.3, 0.4) is 0 Å². The molecule has 2 fully saturated rings. The summed E-state index contributed by atoms with van der Waals surface area (Å²) in [7, 11) is 0. The maximum atomic E-state index is 14.6. The van der Waals surface area contributed by atoms with Crippen LogP contribution in [0.15, 0.2) is 48.2 Å². The molecule has 0 radical (unpaired) electrons. The summed E-state index contributed by atoms with van der Waals surface area (Å²) >= 11 is 0. The van der Waals surface area contributed by atoms with Crippen LogP contribution >= 0.6 is 0 Å². The Morgan fingerprint density at radius 3 is 2.65 bits per heavy atom. The number of rotatable bonds is 5. The minimum Gasteiger partial charge on any atom is -0.371 e. The average Bonchev–Trinajstić information content (AvgIpc) is 3.34. The van der Waals surface area contributed by atoms with E-state index in [9.17, 15) is 18.8 Å². The van der Waals surface area contributed by atoms with Crippen LogP contribution in [0.2, 0.25) is 0 Å². The zero-order valence-corrected chi connectivity index (χ0v) is 17.2. The Balaban J connectivity index is 1.45. The number of nitrogens with one attached hydrogen (secondary N) is 2. The van der Waals surface area contributed by atoms with E-state index in [1.54, 1.807) is 30.3 Å². The molecular formula is C23H23FN4O3. The Labute approximate surface area is 179 Å². The summed E-state index contributed by atoms with van der Waals surface area (Å²) in [6.07, 6.45) is 3.46. The number of benzene rings is 2. The van der Waals surface area contributed by atoms with E-state index in [1.165, 1.54) is 12.1 Å². The van der Waals surface area contributed by atoms with Gasteiger partial charge < -0.3 is 15.5 Å². The SMILES string of the molecule is Cc1cccc(NC(=O)CN2C(=O)N/C(=C/c3ccc(N4CCCC4)cc3F)C2=O)c1. The van der Waals surface area contributed by atoms with Crippen LogP contribution in [0.5, 0.6) is 0 Å². The van der Waals surface area contributed by atoms with Gasteiger partial charge in [-0.2, -0.15) is 0 Å². The quantitative estimate of drug-likeness (QED) is 0.573. The highest BCUT2D eigenvalue weighted by Gasteiger charge is 2.35. The number of imide groups is 1. The number of hydrogen-bond donors (Lipinski definition) is 2. The fourth-order valence-electron chi connectivity index (χ4n) is 3.74. The van der Waals surface area contributed by atoms with Crippen molar-refractivity contribution in [2.75, 3.05) is 29.9 Å². The van der Waals surface area contributed by atoms with Gasteiger partial charge in [0.05, 0.1) is 0 Å². The van der Waals surface area contributed by atoms with Crippen molar-refractivity contribution in [3.8, 4) is 0 Å². The lowest BCUT2D eigenvalue weighted by atomic mass is 10.1. The molecule has 2 aromatic carbocycles. The van der Waals surface area contributed by atoms with Crippen LogP contribution in [0.25, 0.3) is 6.08 Å². The summed E-state index contributed by atoms with van der Waals surface area (Å²) in [4.78, 5) is 40.0. The van der Waals surface area contributed by atoms with Gasteiger partial charge in [-0.3, -0.25) is 9.59 Å². The van der Waals surface area contributed by atoms with Gasteiger partial charge in [-0.15, -0.1) is 0 Å². The van der Waals surface area contributed by atoms with Crippen LogP contribution in [0, 0.1) is 12.7 Å². The molecule has 160 valence electrons. The predicted octanol–water partition coefficient (Wildman–Crippen LogP) is 3.27. The molecule has 2 aromatic rings. The zero-order valence-electron chi connectivity index (χ0n) is 17.2. The third kappa shape index (κ3) is 4.58. The molecule has 0 saturated carbocycles. The lowest BCUT2D eigenvalue weighted by Gasteiger charge is -2.17. The molecule has 7 nitrogen and oxygen atoms in total.